The van der Waals surface area contributed by atoms with Gasteiger partial charge in [-0.25, -0.2) is 4.79 Å². The molecular formula is C9H11NO3. The third kappa shape index (κ3) is 1.61. The van der Waals surface area contributed by atoms with Crippen molar-refractivity contribution in [2.75, 3.05) is 0 Å². The zero-order chi connectivity index (χ0) is 10.0. The lowest BCUT2D eigenvalue weighted by Crippen LogP contribution is -2.10. The highest BCUT2D eigenvalue weighted by atomic mass is 16.4. The van der Waals surface area contributed by atoms with Gasteiger partial charge in [-0.3, -0.25) is 4.79 Å². The molecule has 1 aromatic rings. The van der Waals surface area contributed by atoms with Crippen LogP contribution >= 0.6 is 0 Å². The van der Waals surface area contributed by atoms with Crippen molar-refractivity contribution in [3.63, 3.8) is 0 Å². The molecule has 0 aliphatic heterocycles. The highest BCUT2D eigenvalue weighted by Crippen LogP contribution is 2.09. The summed E-state index contributed by atoms with van der Waals surface area (Å²) in [4.78, 5) is 21.9. The van der Waals surface area contributed by atoms with E-state index in [1.165, 1.54) is 16.7 Å². The zero-order valence-electron chi connectivity index (χ0n) is 7.57. The lowest BCUT2D eigenvalue weighted by molar-refractivity contribution is 0.0686. The van der Waals surface area contributed by atoms with E-state index in [1.54, 1.807) is 14.0 Å². The monoisotopic (exact) mass is 181 g/mol. The van der Waals surface area contributed by atoms with E-state index < -0.39 is 5.97 Å². The van der Waals surface area contributed by atoms with Gasteiger partial charge in [0.2, 0.25) is 0 Å². The van der Waals surface area contributed by atoms with Crippen molar-refractivity contribution in [3.05, 3.63) is 23.5 Å². The number of aromatic nitrogens is 1. The first-order chi connectivity index (χ1) is 6.07. The van der Waals surface area contributed by atoms with Crippen molar-refractivity contribution in [1.29, 1.82) is 0 Å². The van der Waals surface area contributed by atoms with E-state index in [0.29, 0.717) is 12.1 Å². The number of carbonyl (C=O) groups is 2. The summed E-state index contributed by atoms with van der Waals surface area (Å²) in [5, 5.41) is 8.70. The predicted octanol–water partition coefficient (Wildman–Crippen LogP) is 1.32. The number of carboxylic acid groups (broad SMARTS) is 1. The van der Waals surface area contributed by atoms with Crippen LogP contribution in [0.3, 0.4) is 0 Å². The fourth-order valence-electron chi connectivity index (χ4n) is 1.19. The third-order valence-electron chi connectivity index (χ3n) is 1.95. The van der Waals surface area contributed by atoms with Crippen LogP contribution in [0.4, 0.5) is 0 Å². The summed E-state index contributed by atoms with van der Waals surface area (Å²) in [6.45, 7) is 1.75. The molecule has 1 rings (SSSR count). The summed E-state index contributed by atoms with van der Waals surface area (Å²) in [6, 6.07) is 2.97. The van der Waals surface area contributed by atoms with E-state index >= 15 is 0 Å². The molecule has 1 heterocycles. The molecule has 0 saturated heterocycles. The second-order valence-corrected chi connectivity index (χ2v) is 2.74. The third-order valence-corrected chi connectivity index (χ3v) is 1.95. The molecule has 0 aliphatic rings. The highest BCUT2D eigenvalue weighted by molar-refractivity contribution is 5.96. The summed E-state index contributed by atoms with van der Waals surface area (Å²) >= 11 is 0. The summed E-state index contributed by atoms with van der Waals surface area (Å²) in [6.07, 6.45) is 0.386. The Kier molecular flexibility index (Phi) is 2.51. The molecule has 0 radical (unpaired) electrons. The molecule has 0 bridgehead atoms. The van der Waals surface area contributed by atoms with Crippen LogP contribution in [-0.2, 0) is 7.05 Å². The summed E-state index contributed by atoms with van der Waals surface area (Å²) in [5.41, 5.74) is 0.580. The minimum absolute atomic E-state index is 0.0463. The van der Waals surface area contributed by atoms with E-state index in [4.69, 9.17) is 5.11 Å². The predicted molar refractivity (Wildman–Crippen MR) is 47.0 cm³/mol. The van der Waals surface area contributed by atoms with Crippen LogP contribution in [0.15, 0.2) is 12.1 Å². The number of nitrogens with zero attached hydrogens (tertiary/aromatic N) is 1. The van der Waals surface area contributed by atoms with Crippen molar-refractivity contribution in [3.8, 4) is 0 Å². The second kappa shape index (κ2) is 3.43. The molecule has 0 fully saturated rings. The SMILES string of the molecule is CCC(=O)c1ccc(C(=O)O)n1C. The Labute approximate surface area is 75.8 Å². The van der Waals surface area contributed by atoms with Gasteiger partial charge in [0, 0.05) is 13.5 Å². The van der Waals surface area contributed by atoms with Crippen LogP contribution in [0.2, 0.25) is 0 Å². The van der Waals surface area contributed by atoms with Crippen molar-refractivity contribution in [2.24, 2.45) is 7.05 Å². The van der Waals surface area contributed by atoms with E-state index in [2.05, 4.69) is 0 Å². The first kappa shape index (κ1) is 9.51. The Hall–Kier alpha value is -1.58. The molecule has 13 heavy (non-hydrogen) atoms. The van der Waals surface area contributed by atoms with Crippen molar-refractivity contribution in [2.45, 2.75) is 13.3 Å². The fraction of sp³-hybridized carbons (Fsp3) is 0.333. The second-order valence-electron chi connectivity index (χ2n) is 2.74. The van der Waals surface area contributed by atoms with Crippen LogP contribution in [-0.4, -0.2) is 21.4 Å². The van der Waals surface area contributed by atoms with Crippen LogP contribution in [0.1, 0.15) is 34.3 Å². The number of Topliss-reactive ketones (excluding diaryl/α,β-unsaturated/α-hetero) is 1. The van der Waals surface area contributed by atoms with E-state index in [1.807, 2.05) is 0 Å². The standard InChI is InChI=1S/C9H11NO3/c1-3-8(11)6-4-5-7(9(12)13)10(6)2/h4-5H,3H2,1-2H3,(H,12,13). The Morgan fingerprint density at radius 2 is 1.92 bits per heavy atom. The van der Waals surface area contributed by atoms with E-state index in [9.17, 15) is 9.59 Å². The van der Waals surface area contributed by atoms with Gasteiger partial charge in [-0.1, -0.05) is 6.92 Å². The van der Waals surface area contributed by atoms with Gasteiger partial charge in [-0.05, 0) is 12.1 Å². The maximum absolute atomic E-state index is 11.3. The van der Waals surface area contributed by atoms with Gasteiger partial charge in [0.15, 0.2) is 5.78 Å². The molecule has 4 heteroatoms. The molecule has 0 aliphatic carbocycles. The van der Waals surface area contributed by atoms with Crippen LogP contribution in [0, 0.1) is 0 Å². The molecule has 0 amide bonds. The van der Waals surface area contributed by atoms with E-state index in [0.717, 1.165) is 0 Å². The maximum atomic E-state index is 11.3. The van der Waals surface area contributed by atoms with Crippen LogP contribution < -0.4 is 0 Å². The summed E-state index contributed by atoms with van der Waals surface area (Å²) in [7, 11) is 1.58. The maximum Gasteiger partial charge on any atom is 0.352 e. The average molecular weight is 181 g/mol. The molecule has 1 N–H and O–H groups in total. The van der Waals surface area contributed by atoms with Gasteiger partial charge in [0.1, 0.15) is 5.69 Å². The van der Waals surface area contributed by atoms with Gasteiger partial charge in [-0.15, -0.1) is 0 Å². The minimum Gasteiger partial charge on any atom is -0.477 e. The average Bonchev–Trinajstić information content (AvgIpc) is 2.46. The number of carboxylic acids is 1. The van der Waals surface area contributed by atoms with Gasteiger partial charge in [0.05, 0.1) is 5.69 Å². The first-order valence-corrected chi connectivity index (χ1v) is 4.00. The Morgan fingerprint density at radius 1 is 1.38 bits per heavy atom. The molecule has 0 spiro atoms. The Morgan fingerprint density at radius 3 is 2.31 bits per heavy atom. The number of aromatic carboxylic acids is 1. The molecule has 0 unspecified atom stereocenters. The topological polar surface area (TPSA) is 59.3 Å². The molecule has 4 nitrogen and oxygen atoms in total. The molecule has 0 atom stereocenters. The number of hydrogen-bond acceptors (Lipinski definition) is 2. The number of hydrogen-bond donors (Lipinski definition) is 1. The highest BCUT2D eigenvalue weighted by Gasteiger charge is 2.14. The van der Waals surface area contributed by atoms with Crippen LogP contribution in [0.25, 0.3) is 0 Å². The number of carbonyl (C=O) groups excluding carboxylic acids is 1. The smallest absolute Gasteiger partial charge is 0.352 e. The van der Waals surface area contributed by atoms with Gasteiger partial charge < -0.3 is 9.67 Å². The van der Waals surface area contributed by atoms with Crippen molar-refractivity contribution in [1.82, 2.24) is 4.57 Å². The normalized spacial score (nSPS) is 10.0. The minimum atomic E-state index is -1.02. The molecule has 0 saturated carbocycles. The van der Waals surface area contributed by atoms with Crippen molar-refractivity contribution >= 4 is 11.8 Å². The van der Waals surface area contributed by atoms with Crippen LogP contribution in [0.5, 0.6) is 0 Å². The Bertz CT molecular complexity index is 352. The van der Waals surface area contributed by atoms with Gasteiger partial charge in [0.25, 0.3) is 0 Å². The summed E-state index contributed by atoms with van der Waals surface area (Å²) in [5.74, 6) is -1.06. The largest absolute Gasteiger partial charge is 0.477 e. The molecule has 70 valence electrons. The zero-order valence-corrected chi connectivity index (χ0v) is 7.57. The van der Waals surface area contributed by atoms with Crippen molar-refractivity contribution < 1.29 is 14.7 Å². The molecule has 1 aromatic heterocycles. The quantitative estimate of drug-likeness (QED) is 0.715. The fourth-order valence-corrected chi connectivity index (χ4v) is 1.19. The lowest BCUT2D eigenvalue weighted by Gasteiger charge is -2.01. The van der Waals surface area contributed by atoms with Gasteiger partial charge >= 0.3 is 5.97 Å². The molecular weight excluding hydrogens is 170 g/mol. The molecule has 0 aromatic carbocycles. The Balaban J connectivity index is 3.13. The van der Waals surface area contributed by atoms with E-state index in [-0.39, 0.29) is 11.5 Å². The number of rotatable bonds is 3. The van der Waals surface area contributed by atoms with Gasteiger partial charge in [-0.2, -0.15) is 0 Å². The summed E-state index contributed by atoms with van der Waals surface area (Å²) < 4.78 is 1.40. The first-order valence-electron chi connectivity index (χ1n) is 4.00. The number of ketones is 1. The lowest BCUT2D eigenvalue weighted by atomic mass is 10.2.